The third kappa shape index (κ3) is 3.55. The van der Waals surface area contributed by atoms with Gasteiger partial charge in [0, 0.05) is 11.1 Å². The number of hydrogen-bond donors (Lipinski definition) is 1. The molecular formula is C17H27ClN2. The Morgan fingerprint density at radius 2 is 1.85 bits per heavy atom. The molecule has 1 fully saturated rings. The molecule has 112 valence electrons. The molecule has 1 aromatic carbocycles. The molecule has 1 aliphatic heterocycles. The molecule has 2 unspecified atom stereocenters. The molecule has 1 aromatic rings. The molecule has 0 aromatic heterocycles. The van der Waals surface area contributed by atoms with Crippen LogP contribution in [0.5, 0.6) is 0 Å². The monoisotopic (exact) mass is 294 g/mol. The van der Waals surface area contributed by atoms with E-state index >= 15 is 0 Å². The van der Waals surface area contributed by atoms with Gasteiger partial charge in [0.2, 0.25) is 0 Å². The summed E-state index contributed by atoms with van der Waals surface area (Å²) >= 11 is 6.41. The van der Waals surface area contributed by atoms with Gasteiger partial charge in [-0.05, 0) is 49.4 Å². The summed E-state index contributed by atoms with van der Waals surface area (Å²) in [6.45, 7) is 9.08. The first-order valence-corrected chi connectivity index (χ1v) is 8.06. The number of rotatable bonds is 4. The average molecular weight is 295 g/mol. The van der Waals surface area contributed by atoms with Crippen LogP contribution in [0, 0.1) is 5.41 Å². The van der Waals surface area contributed by atoms with Crippen molar-refractivity contribution < 1.29 is 0 Å². The largest absolute Gasteiger partial charge is 0.326 e. The first kappa shape index (κ1) is 15.8. The summed E-state index contributed by atoms with van der Waals surface area (Å²) in [6, 6.07) is 8.52. The first-order chi connectivity index (χ1) is 9.44. The lowest BCUT2D eigenvalue weighted by molar-refractivity contribution is 0.0809. The molecule has 2 atom stereocenters. The van der Waals surface area contributed by atoms with Gasteiger partial charge in [-0.3, -0.25) is 4.90 Å². The highest BCUT2D eigenvalue weighted by atomic mass is 35.5. The van der Waals surface area contributed by atoms with Crippen LogP contribution in [0.4, 0.5) is 0 Å². The summed E-state index contributed by atoms with van der Waals surface area (Å²) < 4.78 is 0. The van der Waals surface area contributed by atoms with Gasteiger partial charge in [-0.1, -0.05) is 50.6 Å². The molecule has 0 radical (unpaired) electrons. The Morgan fingerprint density at radius 1 is 1.25 bits per heavy atom. The smallest absolute Gasteiger partial charge is 0.0513 e. The normalized spacial score (nSPS) is 22.4. The maximum absolute atomic E-state index is 6.42. The van der Waals surface area contributed by atoms with E-state index in [-0.39, 0.29) is 12.1 Å². The summed E-state index contributed by atoms with van der Waals surface area (Å²) in [6.07, 6.45) is 3.42. The lowest BCUT2D eigenvalue weighted by Gasteiger charge is -2.43. The van der Waals surface area contributed by atoms with Crippen LogP contribution in [0.2, 0.25) is 5.02 Å². The molecule has 1 aliphatic rings. The summed E-state index contributed by atoms with van der Waals surface area (Å²) in [5.41, 5.74) is 8.06. The summed E-state index contributed by atoms with van der Waals surface area (Å²) in [5.74, 6) is 0. The third-order valence-electron chi connectivity index (χ3n) is 4.65. The lowest BCUT2D eigenvalue weighted by Crippen LogP contribution is -2.46. The van der Waals surface area contributed by atoms with Gasteiger partial charge in [-0.15, -0.1) is 0 Å². The second kappa shape index (κ2) is 6.46. The molecule has 0 spiro atoms. The molecule has 3 heteroatoms. The van der Waals surface area contributed by atoms with E-state index in [0.717, 1.165) is 24.5 Å². The Kier molecular flexibility index (Phi) is 5.11. The molecule has 2 nitrogen and oxygen atoms in total. The summed E-state index contributed by atoms with van der Waals surface area (Å²) in [7, 11) is 0. The van der Waals surface area contributed by atoms with Gasteiger partial charge in [-0.2, -0.15) is 0 Å². The third-order valence-corrected chi connectivity index (χ3v) is 4.99. The Hall–Kier alpha value is -0.570. The highest BCUT2D eigenvalue weighted by Crippen LogP contribution is 2.37. The summed E-state index contributed by atoms with van der Waals surface area (Å²) in [4.78, 5) is 2.53. The molecule has 0 bridgehead atoms. The van der Waals surface area contributed by atoms with Gasteiger partial charge in [0.1, 0.15) is 0 Å². The van der Waals surface area contributed by atoms with E-state index in [1.54, 1.807) is 0 Å². The quantitative estimate of drug-likeness (QED) is 0.900. The number of benzene rings is 1. The first-order valence-electron chi connectivity index (χ1n) is 7.68. The molecule has 0 saturated carbocycles. The number of nitrogens with zero attached hydrogens (tertiary/aromatic N) is 1. The second-order valence-electron chi connectivity index (χ2n) is 6.74. The predicted octanol–water partition coefficient (Wildman–Crippen LogP) is 4.24. The topological polar surface area (TPSA) is 29.3 Å². The van der Waals surface area contributed by atoms with Crippen molar-refractivity contribution in [2.75, 3.05) is 13.1 Å². The van der Waals surface area contributed by atoms with Crippen LogP contribution in [-0.4, -0.2) is 24.0 Å². The molecular weight excluding hydrogens is 268 g/mol. The lowest BCUT2D eigenvalue weighted by atomic mass is 9.81. The Bertz CT molecular complexity index is 434. The Labute approximate surface area is 128 Å². The minimum Gasteiger partial charge on any atom is -0.326 e. The van der Waals surface area contributed by atoms with Crippen LogP contribution < -0.4 is 5.73 Å². The fourth-order valence-electron chi connectivity index (χ4n) is 3.04. The number of hydrogen-bond acceptors (Lipinski definition) is 2. The van der Waals surface area contributed by atoms with E-state index in [1.807, 2.05) is 12.1 Å². The van der Waals surface area contributed by atoms with Gasteiger partial charge in [0.25, 0.3) is 0 Å². The fraction of sp³-hybridized carbons (Fsp3) is 0.647. The molecule has 1 heterocycles. The van der Waals surface area contributed by atoms with Crippen LogP contribution >= 0.6 is 11.6 Å². The second-order valence-corrected chi connectivity index (χ2v) is 7.15. The molecule has 1 saturated heterocycles. The van der Waals surface area contributed by atoms with Gasteiger partial charge >= 0.3 is 0 Å². The van der Waals surface area contributed by atoms with Crippen molar-refractivity contribution in [1.82, 2.24) is 4.90 Å². The van der Waals surface area contributed by atoms with Crippen LogP contribution in [0.3, 0.4) is 0 Å². The highest BCUT2D eigenvalue weighted by molar-refractivity contribution is 6.31. The van der Waals surface area contributed by atoms with Gasteiger partial charge in [0.05, 0.1) is 6.04 Å². The van der Waals surface area contributed by atoms with Gasteiger partial charge in [0.15, 0.2) is 0 Å². The molecule has 0 amide bonds. The molecule has 2 N–H and O–H groups in total. The van der Waals surface area contributed by atoms with Crippen LogP contribution in [0.25, 0.3) is 0 Å². The van der Waals surface area contributed by atoms with E-state index in [9.17, 15) is 0 Å². The van der Waals surface area contributed by atoms with Gasteiger partial charge in [-0.25, -0.2) is 0 Å². The molecule has 20 heavy (non-hydrogen) atoms. The number of likely N-dealkylation sites (tertiary alicyclic amines) is 1. The van der Waals surface area contributed by atoms with E-state index in [0.29, 0.717) is 5.41 Å². The maximum Gasteiger partial charge on any atom is 0.0513 e. The standard InChI is InChI=1S/C17H27ClN2/c1-4-15(19)16(13-7-5-6-8-14(13)18)20-11-9-17(2,3)10-12-20/h5-8,15-16H,4,9-12,19H2,1-3H3. The number of nitrogens with two attached hydrogens (primary N) is 1. The SMILES string of the molecule is CCC(N)C(c1ccccc1Cl)N1CCC(C)(C)CC1. The van der Waals surface area contributed by atoms with Crippen molar-refractivity contribution in [3.05, 3.63) is 34.9 Å². The van der Waals surface area contributed by atoms with Crippen molar-refractivity contribution in [3.63, 3.8) is 0 Å². The van der Waals surface area contributed by atoms with E-state index in [1.165, 1.54) is 18.4 Å². The molecule has 2 rings (SSSR count). The predicted molar refractivity (Wildman–Crippen MR) is 87.0 cm³/mol. The molecule has 0 aliphatic carbocycles. The summed E-state index contributed by atoms with van der Waals surface area (Å²) in [5, 5.41) is 0.839. The van der Waals surface area contributed by atoms with E-state index in [2.05, 4.69) is 37.8 Å². The number of piperidine rings is 1. The van der Waals surface area contributed by atoms with Crippen molar-refractivity contribution in [3.8, 4) is 0 Å². The zero-order valence-corrected chi connectivity index (χ0v) is 13.7. The number of halogens is 1. The van der Waals surface area contributed by atoms with Crippen LogP contribution in [-0.2, 0) is 0 Å². The minimum absolute atomic E-state index is 0.135. The maximum atomic E-state index is 6.42. The minimum atomic E-state index is 0.135. The van der Waals surface area contributed by atoms with E-state index < -0.39 is 0 Å². The van der Waals surface area contributed by atoms with E-state index in [4.69, 9.17) is 17.3 Å². The fourth-order valence-corrected chi connectivity index (χ4v) is 3.29. The van der Waals surface area contributed by atoms with Crippen LogP contribution in [0.1, 0.15) is 51.6 Å². The Balaban J connectivity index is 2.23. The van der Waals surface area contributed by atoms with Gasteiger partial charge < -0.3 is 5.73 Å². The Morgan fingerprint density at radius 3 is 2.40 bits per heavy atom. The zero-order chi connectivity index (χ0) is 14.8. The van der Waals surface area contributed by atoms with Crippen molar-refractivity contribution in [1.29, 1.82) is 0 Å². The van der Waals surface area contributed by atoms with Crippen molar-refractivity contribution >= 4 is 11.6 Å². The van der Waals surface area contributed by atoms with Crippen molar-refractivity contribution in [2.45, 2.75) is 52.1 Å². The van der Waals surface area contributed by atoms with Crippen LogP contribution in [0.15, 0.2) is 24.3 Å². The average Bonchev–Trinajstić information content (AvgIpc) is 2.42. The zero-order valence-electron chi connectivity index (χ0n) is 12.9. The highest BCUT2D eigenvalue weighted by Gasteiger charge is 2.33. The van der Waals surface area contributed by atoms with Crippen molar-refractivity contribution in [2.24, 2.45) is 11.1 Å².